The molecule has 2 aliphatic rings. The maximum Gasteiger partial charge on any atom is 0.229 e. The number of rotatable bonds is 6. The van der Waals surface area contributed by atoms with Crippen LogP contribution in [0.4, 0.5) is 0 Å². The maximum absolute atomic E-state index is 13.1. The van der Waals surface area contributed by atoms with E-state index < -0.39 is 0 Å². The lowest BCUT2D eigenvalue weighted by Crippen LogP contribution is -2.32. The highest BCUT2D eigenvalue weighted by Gasteiger charge is 2.33. The van der Waals surface area contributed by atoms with Gasteiger partial charge in [0.1, 0.15) is 11.6 Å². The van der Waals surface area contributed by atoms with Crippen molar-refractivity contribution in [1.29, 1.82) is 0 Å². The largest absolute Gasteiger partial charge is 0.340 e. The topological polar surface area (TPSA) is 124 Å². The third-order valence-corrected chi connectivity index (χ3v) is 9.25. The molecule has 2 N–H and O–H groups in total. The van der Waals surface area contributed by atoms with Crippen LogP contribution in [0.3, 0.4) is 0 Å². The number of carbonyl (C=O) groups excluding carboxylic acids is 2. The number of amides is 2. The van der Waals surface area contributed by atoms with Crippen molar-refractivity contribution in [1.82, 2.24) is 39.7 Å². The van der Waals surface area contributed by atoms with Gasteiger partial charge in [-0.15, -0.1) is 0 Å². The smallest absolute Gasteiger partial charge is 0.229 e. The average Bonchev–Trinajstić information content (AvgIpc) is 3.93. The Morgan fingerprint density at radius 2 is 1.15 bits per heavy atom. The van der Waals surface area contributed by atoms with Gasteiger partial charge in [-0.3, -0.25) is 19.6 Å². The van der Waals surface area contributed by atoms with Crippen LogP contribution in [0.2, 0.25) is 0 Å². The number of nitrogens with one attached hydrogen (secondary N) is 2. The normalized spacial score (nSPS) is 17.6. The van der Waals surface area contributed by atoms with Crippen molar-refractivity contribution >= 4 is 33.9 Å². The number of nitrogens with zero attached hydrogens (tertiary/aromatic N) is 6. The van der Waals surface area contributed by atoms with Crippen LogP contribution in [0.25, 0.3) is 22.1 Å². The fourth-order valence-corrected chi connectivity index (χ4v) is 6.89. The molecule has 0 unspecified atom stereocenters. The Morgan fingerprint density at radius 3 is 1.58 bits per heavy atom. The summed E-state index contributed by atoms with van der Waals surface area (Å²) >= 11 is 0. The molecular weight excluding hydrogens is 600 g/mol. The molecule has 2 amide bonds. The van der Waals surface area contributed by atoms with Crippen LogP contribution in [-0.4, -0.2) is 64.6 Å². The summed E-state index contributed by atoms with van der Waals surface area (Å²) in [5.74, 6) is 8.34. The number of aromatic amines is 2. The van der Waals surface area contributed by atoms with Crippen molar-refractivity contribution < 1.29 is 9.59 Å². The van der Waals surface area contributed by atoms with Crippen LogP contribution >= 0.6 is 0 Å². The zero-order valence-corrected chi connectivity index (χ0v) is 26.4. The van der Waals surface area contributed by atoms with Gasteiger partial charge in [0.05, 0.1) is 47.0 Å². The van der Waals surface area contributed by atoms with Gasteiger partial charge in [0.15, 0.2) is 0 Å². The Hall–Kier alpha value is -5.82. The van der Waals surface area contributed by atoms with Gasteiger partial charge in [-0.1, -0.05) is 24.0 Å². The molecule has 2 aromatic carbocycles. The quantitative estimate of drug-likeness (QED) is 0.235. The highest BCUT2D eigenvalue weighted by molar-refractivity contribution is 5.81. The molecule has 0 aliphatic carbocycles. The van der Waals surface area contributed by atoms with E-state index in [1.54, 1.807) is 12.4 Å². The first kappa shape index (κ1) is 29.6. The summed E-state index contributed by atoms with van der Waals surface area (Å²) in [5.41, 5.74) is 6.78. The van der Waals surface area contributed by atoms with E-state index in [0.29, 0.717) is 0 Å². The number of H-pyrrole nitrogens is 2. The second-order valence-corrected chi connectivity index (χ2v) is 12.4. The highest BCUT2D eigenvalue weighted by Crippen LogP contribution is 2.33. The first-order valence-electron chi connectivity index (χ1n) is 16.5. The standard InChI is InChI=1S/C38H34N8O2/c47-35(23-27-7-1-3-17-39-27)45-19-5-9-33(45)37-41-29-15-13-25(21-31(29)43-37)11-12-26-14-16-30-32(22-26)44-38(42-30)34-10-6-20-46(34)36(48)24-28-8-2-4-18-40-28/h1-4,7-8,13-18,21-22,33-34H,5-6,9-10,19-20,23-24H2,(H,41,43)(H,42,44)/t33-,34-/m0/s1. The molecule has 6 aromatic rings. The molecular formula is C38H34N8O2. The molecule has 48 heavy (non-hydrogen) atoms. The number of hydrogen-bond donors (Lipinski definition) is 2. The van der Waals surface area contributed by atoms with E-state index in [9.17, 15) is 9.59 Å². The lowest BCUT2D eigenvalue weighted by atomic mass is 10.1. The average molecular weight is 635 g/mol. The number of benzene rings is 2. The minimum absolute atomic E-state index is 0.0687. The highest BCUT2D eigenvalue weighted by atomic mass is 16.2. The molecule has 0 radical (unpaired) electrons. The molecule has 0 spiro atoms. The minimum atomic E-state index is -0.0792. The molecule has 238 valence electrons. The van der Waals surface area contributed by atoms with Crippen molar-refractivity contribution in [2.24, 2.45) is 0 Å². The monoisotopic (exact) mass is 634 g/mol. The molecule has 10 nitrogen and oxygen atoms in total. The Labute approximate surface area is 277 Å². The van der Waals surface area contributed by atoms with Gasteiger partial charge in [-0.2, -0.15) is 0 Å². The molecule has 0 bridgehead atoms. The Bertz CT molecular complexity index is 2030. The predicted molar refractivity (Wildman–Crippen MR) is 181 cm³/mol. The molecule has 4 aromatic heterocycles. The van der Waals surface area contributed by atoms with Crippen LogP contribution in [-0.2, 0) is 22.4 Å². The van der Waals surface area contributed by atoms with Crippen LogP contribution < -0.4 is 0 Å². The summed E-state index contributed by atoms with van der Waals surface area (Å²) in [5, 5.41) is 0. The van der Waals surface area contributed by atoms with E-state index in [2.05, 4.69) is 31.8 Å². The molecule has 2 saturated heterocycles. The van der Waals surface area contributed by atoms with Crippen molar-refractivity contribution in [3.63, 3.8) is 0 Å². The van der Waals surface area contributed by atoms with Crippen molar-refractivity contribution in [2.75, 3.05) is 13.1 Å². The predicted octanol–water partition coefficient (Wildman–Crippen LogP) is 5.44. The zero-order chi connectivity index (χ0) is 32.5. The minimum Gasteiger partial charge on any atom is -0.340 e. The van der Waals surface area contributed by atoms with E-state index >= 15 is 0 Å². The number of likely N-dealkylation sites (tertiary alicyclic amines) is 2. The van der Waals surface area contributed by atoms with E-state index in [1.807, 2.05) is 82.6 Å². The molecule has 8 rings (SSSR count). The molecule has 2 atom stereocenters. The van der Waals surface area contributed by atoms with E-state index in [0.717, 1.165) is 95.0 Å². The van der Waals surface area contributed by atoms with Gasteiger partial charge in [-0.25, -0.2) is 9.97 Å². The number of fused-ring (bicyclic) bond motifs is 2. The third kappa shape index (κ3) is 6.02. The van der Waals surface area contributed by atoms with Gasteiger partial charge in [0, 0.05) is 48.0 Å². The fraction of sp³-hybridized carbons (Fsp3) is 0.263. The van der Waals surface area contributed by atoms with E-state index in [1.165, 1.54) is 0 Å². The van der Waals surface area contributed by atoms with Crippen LogP contribution in [0.15, 0.2) is 85.2 Å². The molecule has 2 aliphatic heterocycles. The molecule has 10 heteroatoms. The van der Waals surface area contributed by atoms with Gasteiger partial charge in [0.2, 0.25) is 11.8 Å². The van der Waals surface area contributed by atoms with Crippen LogP contribution in [0.1, 0.15) is 71.9 Å². The zero-order valence-electron chi connectivity index (χ0n) is 26.4. The fourth-order valence-electron chi connectivity index (χ4n) is 6.89. The summed E-state index contributed by atoms with van der Waals surface area (Å²) in [6.07, 6.45) is 7.64. The number of aromatic nitrogens is 6. The summed E-state index contributed by atoms with van der Waals surface area (Å²) < 4.78 is 0. The first-order valence-corrected chi connectivity index (χ1v) is 16.5. The molecule has 0 saturated carbocycles. The van der Waals surface area contributed by atoms with Crippen LogP contribution in [0, 0.1) is 11.8 Å². The van der Waals surface area contributed by atoms with Gasteiger partial charge in [-0.05, 0) is 86.3 Å². The second kappa shape index (κ2) is 12.8. The Morgan fingerprint density at radius 1 is 0.667 bits per heavy atom. The summed E-state index contributed by atoms with van der Waals surface area (Å²) in [7, 11) is 0. The van der Waals surface area contributed by atoms with Gasteiger partial charge in [0.25, 0.3) is 0 Å². The molecule has 6 heterocycles. The van der Waals surface area contributed by atoms with Crippen molar-refractivity contribution in [2.45, 2.75) is 50.6 Å². The molecule has 2 fully saturated rings. The SMILES string of the molecule is O=C(Cc1ccccn1)N1CCC[C@H]1c1nc2ccc(C#Cc3ccc4nc([C@@H]5CCCN5C(=O)Cc5ccccn5)[nH]c4c3)cc2[nH]1. The van der Waals surface area contributed by atoms with Gasteiger partial charge >= 0.3 is 0 Å². The van der Waals surface area contributed by atoms with Crippen molar-refractivity contribution in [3.8, 4) is 11.8 Å². The number of carbonyl (C=O) groups is 2. The number of pyridine rings is 2. The van der Waals surface area contributed by atoms with Gasteiger partial charge < -0.3 is 19.8 Å². The van der Waals surface area contributed by atoms with Crippen molar-refractivity contribution in [3.05, 3.63) is 119 Å². The first-order chi connectivity index (χ1) is 23.6. The number of imidazole rings is 2. The lowest BCUT2D eigenvalue weighted by molar-refractivity contribution is -0.132. The Balaban J connectivity index is 0.971. The summed E-state index contributed by atoms with van der Waals surface area (Å²) in [6, 6.07) is 23.1. The van der Waals surface area contributed by atoms with E-state index in [4.69, 9.17) is 9.97 Å². The summed E-state index contributed by atoms with van der Waals surface area (Å²) in [6.45, 7) is 1.44. The lowest BCUT2D eigenvalue weighted by Gasteiger charge is -2.23. The van der Waals surface area contributed by atoms with Crippen LogP contribution in [0.5, 0.6) is 0 Å². The maximum atomic E-state index is 13.1. The number of hydrogen-bond acceptors (Lipinski definition) is 6. The second-order valence-electron chi connectivity index (χ2n) is 12.4. The third-order valence-electron chi connectivity index (χ3n) is 9.25. The van der Waals surface area contributed by atoms with E-state index in [-0.39, 0.29) is 36.7 Å². The summed E-state index contributed by atoms with van der Waals surface area (Å²) in [4.78, 5) is 55.4. The Kier molecular flexibility index (Phi) is 7.86.